The highest BCUT2D eigenvalue weighted by Crippen LogP contribution is 2.13. The molecule has 0 aliphatic carbocycles. The van der Waals surface area contributed by atoms with Crippen LogP contribution in [-0.4, -0.2) is 38.2 Å². The number of carbonyl (C=O) groups excluding carboxylic acids is 2. The first kappa shape index (κ1) is 18.0. The van der Waals surface area contributed by atoms with Crippen LogP contribution in [0.5, 0.6) is 5.75 Å². The van der Waals surface area contributed by atoms with Gasteiger partial charge in [-0.1, -0.05) is 12.1 Å². The molecule has 0 bridgehead atoms. The summed E-state index contributed by atoms with van der Waals surface area (Å²) in [6.07, 6.45) is 0.791. The molecule has 0 atom stereocenters. The fraction of sp³-hybridized carbons (Fsp3) is 0.500. The van der Waals surface area contributed by atoms with E-state index in [-0.39, 0.29) is 6.10 Å². The highest BCUT2D eigenvalue weighted by atomic mass is 16.5. The third kappa shape index (κ3) is 7.08. The van der Waals surface area contributed by atoms with Crippen molar-refractivity contribution in [1.29, 1.82) is 0 Å². The fourth-order valence-electron chi connectivity index (χ4n) is 1.72. The molecule has 0 saturated carbocycles. The van der Waals surface area contributed by atoms with Crippen molar-refractivity contribution in [3.8, 4) is 5.75 Å². The monoisotopic (exact) mass is 308 g/mol. The lowest BCUT2D eigenvalue weighted by molar-refractivity contribution is -0.139. The van der Waals surface area contributed by atoms with Crippen LogP contribution >= 0.6 is 0 Å². The summed E-state index contributed by atoms with van der Waals surface area (Å²) >= 11 is 0. The van der Waals surface area contributed by atoms with E-state index in [2.05, 4.69) is 10.6 Å². The molecule has 0 heterocycles. The first-order valence-electron chi connectivity index (χ1n) is 7.33. The second-order valence-electron chi connectivity index (χ2n) is 5.10. The minimum absolute atomic E-state index is 0.118. The number of benzene rings is 1. The van der Waals surface area contributed by atoms with Crippen LogP contribution in [0.4, 0.5) is 0 Å². The van der Waals surface area contributed by atoms with E-state index in [0.29, 0.717) is 26.1 Å². The second kappa shape index (κ2) is 9.78. The van der Waals surface area contributed by atoms with E-state index in [1.54, 1.807) is 7.11 Å². The van der Waals surface area contributed by atoms with Gasteiger partial charge in [0.25, 0.3) is 0 Å². The van der Waals surface area contributed by atoms with Gasteiger partial charge < -0.3 is 20.1 Å². The van der Waals surface area contributed by atoms with Gasteiger partial charge in [-0.25, -0.2) is 0 Å². The van der Waals surface area contributed by atoms with Gasteiger partial charge in [-0.2, -0.15) is 0 Å². The Hall–Kier alpha value is -2.08. The number of carbonyl (C=O) groups is 2. The van der Waals surface area contributed by atoms with Gasteiger partial charge in [0.1, 0.15) is 5.75 Å². The minimum atomic E-state index is -0.639. The molecule has 0 fully saturated rings. The summed E-state index contributed by atoms with van der Waals surface area (Å²) < 4.78 is 10.4. The molecule has 22 heavy (non-hydrogen) atoms. The predicted molar refractivity (Wildman–Crippen MR) is 83.6 cm³/mol. The molecule has 122 valence electrons. The van der Waals surface area contributed by atoms with Crippen LogP contribution < -0.4 is 15.4 Å². The van der Waals surface area contributed by atoms with Crippen LogP contribution in [-0.2, 0) is 20.9 Å². The maximum Gasteiger partial charge on any atom is 0.309 e. The minimum Gasteiger partial charge on any atom is -0.491 e. The summed E-state index contributed by atoms with van der Waals surface area (Å²) in [7, 11) is 1.59. The van der Waals surface area contributed by atoms with E-state index >= 15 is 0 Å². The molecule has 0 spiro atoms. The molecular formula is C16H24N2O4. The van der Waals surface area contributed by atoms with Crippen molar-refractivity contribution in [2.24, 2.45) is 0 Å². The van der Waals surface area contributed by atoms with Crippen LogP contribution in [0.25, 0.3) is 0 Å². The lowest BCUT2D eigenvalue weighted by Crippen LogP contribution is -2.40. The van der Waals surface area contributed by atoms with Crippen LogP contribution in [0.2, 0.25) is 0 Å². The Kier molecular flexibility index (Phi) is 7.99. The summed E-state index contributed by atoms with van der Waals surface area (Å²) in [4.78, 5) is 23.1. The highest BCUT2D eigenvalue weighted by Gasteiger charge is 2.11. The zero-order valence-corrected chi connectivity index (χ0v) is 13.3. The lowest BCUT2D eigenvalue weighted by Gasteiger charge is -2.10. The highest BCUT2D eigenvalue weighted by molar-refractivity contribution is 6.35. The molecule has 2 N–H and O–H groups in total. The fourth-order valence-corrected chi connectivity index (χ4v) is 1.72. The zero-order valence-electron chi connectivity index (χ0n) is 13.3. The van der Waals surface area contributed by atoms with Gasteiger partial charge in [-0.05, 0) is 38.0 Å². The largest absolute Gasteiger partial charge is 0.491 e. The molecule has 2 amide bonds. The normalized spacial score (nSPS) is 10.4. The van der Waals surface area contributed by atoms with Gasteiger partial charge in [-0.3, -0.25) is 9.59 Å². The summed E-state index contributed by atoms with van der Waals surface area (Å²) in [6.45, 7) is 5.18. The molecule has 0 radical (unpaired) electrons. The van der Waals surface area contributed by atoms with Crippen molar-refractivity contribution in [3.63, 3.8) is 0 Å². The Bertz CT molecular complexity index is 472. The SMILES string of the molecule is COCCCNC(=O)C(=O)NCc1ccc(OC(C)C)cc1. The number of amides is 2. The number of rotatable bonds is 8. The van der Waals surface area contributed by atoms with Crippen molar-refractivity contribution in [3.05, 3.63) is 29.8 Å². The zero-order chi connectivity index (χ0) is 16.4. The second-order valence-corrected chi connectivity index (χ2v) is 5.10. The predicted octanol–water partition coefficient (Wildman–Crippen LogP) is 1.24. The third-order valence-corrected chi connectivity index (χ3v) is 2.77. The molecule has 1 rings (SSSR count). The average molecular weight is 308 g/mol. The maximum atomic E-state index is 11.6. The van der Waals surface area contributed by atoms with E-state index in [9.17, 15) is 9.59 Å². The van der Waals surface area contributed by atoms with Gasteiger partial charge >= 0.3 is 11.8 Å². The Morgan fingerprint density at radius 1 is 1.09 bits per heavy atom. The molecule has 0 aliphatic rings. The first-order valence-corrected chi connectivity index (χ1v) is 7.33. The Labute approximate surface area is 131 Å². The van der Waals surface area contributed by atoms with E-state index in [1.165, 1.54) is 0 Å². The van der Waals surface area contributed by atoms with Crippen LogP contribution in [0.15, 0.2) is 24.3 Å². The lowest BCUT2D eigenvalue weighted by atomic mass is 10.2. The topological polar surface area (TPSA) is 76.7 Å². The van der Waals surface area contributed by atoms with Gasteiger partial charge in [-0.15, -0.1) is 0 Å². The molecule has 0 aliphatic heterocycles. The number of hydrogen-bond acceptors (Lipinski definition) is 4. The standard InChI is InChI=1S/C16H24N2O4/c1-12(2)22-14-7-5-13(6-8-14)11-18-16(20)15(19)17-9-4-10-21-3/h5-8,12H,4,9-11H2,1-3H3,(H,17,19)(H,18,20). The van der Waals surface area contributed by atoms with E-state index in [0.717, 1.165) is 11.3 Å². The summed E-state index contributed by atoms with van der Waals surface area (Å²) in [6, 6.07) is 7.39. The molecule has 0 aromatic heterocycles. The Morgan fingerprint density at radius 3 is 2.32 bits per heavy atom. The molecular weight excluding hydrogens is 284 g/mol. The van der Waals surface area contributed by atoms with Crippen molar-refractivity contribution in [2.75, 3.05) is 20.3 Å². The summed E-state index contributed by atoms with van der Waals surface area (Å²) in [5.41, 5.74) is 0.900. The summed E-state index contributed by atoms with van der Waals surface area (Å²) in [5.74, 6) is -0.489. The first-order chi connectivity index (χ1) is 10.5. The average Bonchev–Trinajstić information content (AvgIpc) is 2.49. The van der Waals surface area contributed by atoms with E-state index in [4.69, 9.17) is 9.47 Å². The molecule has 0 saturated heterocycles. The van der Waals surface area contributed by atoms with Crippen LogP contribution in [0.1, 0.15) is 25.8 Å². The number of nitrogens with one attached hydrogen (secondary N) is 2. The van der Waals surface area contributed by atoms with E-state index in [1.807, 2.05) is 38.1 Å². The van der Waals surface area contributed by atoms with Crippen molar-refractivity contribution >= 4 is 11.8 Å². The maximum absolute atomic E-state index is 11.6. The van der Waals surface area contributed by atoms with Crippen molar-refractivity contribution in [1.82, 2.24) is 10.6 Å². The smallest absolute Gasteiger partial charge is 0.309 e. The Morgan fingerprint density at radius 2 is 1.73 bits per heavy atom. The molecule has 1 aromatic carbocycles. The van der Waals surface area contributed by atoms with Crippen LogP contribution in [0.3, 0.4) is 0 Å². The molecule has 6 heteroatoms. The van der Waals surface area contributed by atoms with Gasteiger partial charge in [0.15, 0.2) is 0 Å². The third-order valence-electron chi connectivity index (χ3n) is 2.77. The quantitative estimate of drug-likeness (QED) is 0.559. The molecule has 1 aromatic rings. The molecule has 6 nitrogen and oxygen atoms in total. The number of methoxy groups -OCH3 is 1. The number of ether oxygens (including phenoxy) is 2. The number of hydrogen-bond donors (Lipinski definition) is 2. The Balaban J connectivity index is 2.32. The van der Waals surface area contributed by atoms with Crippen molar-refractivity contribution in [2.45, 2.75) is 32.9 Å². The molecule has 0 unspecified atom stereocenters. The van der Waals surface area contributed by atoms with Gasteiger partial charge in [0, 0.05) is 26.8 Å². The van der Waals surface area contributed by atoms with E-state index < -0.39 is 11.8 Å². The summed E-state index contributed by atoms with van der Waals surface area (Å²) in [5, 5.41) is 5.11. The van der Waals surface area contributed by atoms with Gasteiger partial charge in [0.05, 0.1) is 6.10 Å². The van der Waals surface area contributed by atoms with Gasteiger partial charge in [0.2, 0.25) is 0 Å². The van der Waals surface area contributed by atoms with Crippen molar-refractivity contribution < 1.29 is 19.1 Å². The van der Waals surface area contributed by atoms with Crippen LogP contribution in [0, 0.1) is 0 Å².